The second kappa shape index (κ2) is 7.72. The first-order chi connectivity index (χ1) is 8.75. The number of hydrogen-bond donors (Lipinski definition) is 2. The standard InChI is InChI=1S/C14H21ClN2O2.ClH/c1-14(2,3)12(16)13(18)17-8-9-5-6-11(19-4)10(15)7-9;/h5-7,12H,8,16H2,1-4H3,(H,17,18);1H/t12-;/m1./s1. The van der Waals surface area contributed by atoms with Gasteiger partial charge < -0.3 is 15.8 Å². The number of methoxy groups -OCH3 is 1. The van der Waals surface area contributed by atoms with E-state index in [0.29, 0.717) is 17.3 Å². The zero-order chi connectivity index (χ0) is 14.6. The van der Waals surface area contributed by atoms with Crippen LogP contribution in [0.25, 0.3) is 0 Å². The van der Waals surface area contributed by atoms with E-state index in [9.17, 15) is 4.79 Å². The van der Waals surface area contributed by atoms with Crippen molar-refractivity contribution < 1.29 is 9.53 Å². The molecule has 0 aliphatic rings. The van der Waals surface area contributed by atoms with Crippen LogP contribution in [0.3, 0.4) is 0 Å². The lowest BCUT2D eigenvalue weighted by Crippen LogP contribution is -2.48. The molecule has 6 heteroatoms. The smallest absolute Gasteiger partial charge is 0.237 e. The van der Waals surface area contributed by atoms with Gasteiger partial charge >= 0.3 is 0 Å². The van der Waals surface area contributed by atoms with Gasteiger partial charge in [0, 0.05) is 6.54 Å². The molecule has 1 aromatic carbocycles. The molecule has 1 rings (SSSR count). The highest BCUT2D eigenvalue weighted by Crippen LogP contribution is 2.25. The third-order valence-electron chi connectivity index (χ3n) is 2.90. The molecule has 1 atom stereocenters. The van der Waals surface area contributed by atoms with E-state index >= 15 is 0 Å². The minimum absolute atomic E-state index is 0. The molecule has 0 aliphatic heterocycles. The van der Waals surface area contributed by atoms with Gasteiger partial charge in [-0.3, -0.25) is 4.79 Å². The monoisotopic (exact) mass is 320 g/mol. The zero-order valence-electron chi connectivity index (χ0n) is 12.2. The third-order valence-corrected chi connectivity index (χ3v) is 3.19. The van der Waals surface area contributed by atoms with E-state index in [1.165, 1.54) is 0 Å². The van der Waals surface area contributed by atoms with Crippen molar-refractivity contribution >= 4 is 29.9 Å². The van der Waals surface area contributed by atoms with Crippen LogP contribution in [0.2, 0.25) is 5.02 Å². The molecule has 0 aromatic heterocycles. The van der Waals surface area contributed by atoms with Gasteiger partial charge in [-0.25, -0.2) is 0 Å². The summed E-state index contributed by atoms with van der Waals surface area (Å²) >= 11 is 6.02. The highest BCUT2D eigenvalue weighted by molar-refractivity contribution is 6.32. The first-order valence-electron chi connectivity index (χ1n) is 6.11. The van der Waals surface area contributed by atoms with Gasteiger partial charge in [0.25, 0.3) is 0 Å². The molecule has 0 unspecified atom stereocenters. The molecular formula is C14H22Cl2N2O2. The summed E-state index contributed by atoms with van der Waals surface area (Å²) in [6, 6.07) is 4.85. The maximum atomic E-state index is 11.9. The van der Waals surface area contributed by atoms with Gasteiger partial charge in [-0.2, -0.15) is 0 Å². The van der Waals surface area contributed by atoms with Crippen LogP contribution < -0.4 is 15.8 Å². The number of carbonyl (C=O) groups is 1. The predicted molar refractivity (Wildman–Crippen MR) is 84.5 cm³/mol. The van der Waals surface area contributed by atoms with Gasteiger partial charge in [-0.1, -0.05) is 38.4 Å². The van der Waals surface area contributed by atoms with Crippen LogP contribution in [-0.2, 0) is 11.3 Å². The second-order valence-electron chi connectivity index (χ2n) is 5.53. The molecule has 0 radical (unpaired) electrons. The highest BCUT2D eigenvalue weighted by Gasteiger charge is 2.27. The Balaban J connectivity index is 0.00000361. The summed E-state index contributed by atoms with van der Waals surface area (Å²) in [5.74, 6) is 0.447. The molecule has 0 saturated carbocycles. The van der Waals surface area contributed by atoms with E-state index in [1.54, 1.807) is 19.2 Å². The summed E-state index contributed by atoms with van der Waals surface area (Å²) in [5, 5.41) is 3.33. The van der Waals surface area contributed by atoms with Crippen LogP contribution in [0.1, 0.15) is 26.3 Å². The van der Waals surface area contributed by atoms with Gasteiger partial charge in [-0.05, 0) is 23.1 Å². The fourth-order valence-electron chi connectivity index (χ4n) is 1.51. The fraction of sp³-hybridized carbons (Fsp3) is 0.500. The van der Waals surface area contributed by atoms with Crippen LogP contribution in [0.4, 0.5) is 0 Å². The van der Waals surface area contributed by atoms with Gasteiger partial charge in [0.05, 0.1) is 18.2 Å². The molecule has 0 fully saturated rings. The Morgan fingerprint density at radius 2 is 2.05 bits per heavy atom. The lowest BCUT2D eigenvalue weighted by atomic mass is 9.87. The molecule has 0 aliphatic carbocycles. The minimum Gasteiger partial charge on any atom is -0.495 e. The summed E-state index contributed by atoms with van der Waals surface area (Å²) < 4.78 is 5.07. The number of nitrogens with one attached hydrogen (secondary N) is 1. The van der Waals surface area contributed by atoms with Crippen LogP contribution >= 0.6 is 24.0 Å². The van der Waals surface area contributed by atoms with Crippen molar-refractivity contribution in [3.05, 3.63) is 28.8 Å². The Hall–Kier alpha value is -0.970. The molecular weight excluding hydrogens is 299 g/mol. The first-order valence-corrected chi connectivity index (χ1v) is 6.49. The van der Waals surface area contributed by atoms with Crippen LogP contribution in [0.5, 0.6) is 5.75 Å². The lowest BCUT2D eigenvalue weighted by Gasteiger charge is -2.25. The van der Waals surface area contributed by atoms with Crippen molar-refractivity contribution in [3.8, 4) is 5.75 Å². The Kier molecular flexibility index (Phi) is 7.34. The first kappa shape index (κ1) is 19.0. The molecule has 0 heterocycles. The highest BCUT2D eigenvalue weighted by atomic mass is 35.5. The summed E-state index contributed by atoms with van der Waals surface area (Å²) in [6.45, 7) is 6.19. The van der Waals surface area contributed by atoms with E-state index in [4.69, 9.17) is 22.1 Å². The second-order valence-corrected chi connectivity index (χ2v) is 5.94. The van der Waals surface area contributed by atoms with Crippen molar-refractivity contribution in [3.63, 3.8) is 0 Å². The average Bonchev–Trinajstić information content (AvgIpc) is 2.34. The van der Waals surface area contributed by atoms with Crippen molar-refractivity contribution in [2.24, 2.45) is 11.1 Å². The number of benzene rings is 1. The Morgan fingerprint density at radius 3 is 2.50 bits per heavy atom. The predicted octanol–water partition coefficient (Wildman–Crippen LogP) is 2.76. The van der Waals surface area contributed by atoms with E-state index in [1.807, 2.05) is 26.8 Å². The number of rotatable bonds is 4. The maximum Gasteiger partial charge on any atom is 0.237 e. The van der Waals surface area contributed by atoms with Gasteiger partial charge in [0.2, 0.25) is 5.91 Å². The number of carbonyl (C=O) groups excluding carboxylic acids is 1. The van der Waals surface area contributed by atoms with E-state index < -0.39 is 6.04 Å². The van der Waals surface area contributed by atoms with E-state index in [2.05, 4.69) is 5.32 Å². The molecule has 0 bridgehead atoms. The number of ether oxygens (including phenoxy) is 1. The Bertz CT molecular complexity index is 459. The summed E-state index contributed by atoms with van der Waals surface area (Å²) in [5.41, 5.74) is 6.52. The largest absolute Gasteiger partial charge is 0.495 e. The molecule has 1 aromatic rings. The quantitative estimate of drug-likeness (QED) is 0.896. The molecule has 3 N–H and O–H groups in total. The van der Waals surface area contributed by atoms with Crippen LogP contribution in [0, 0.1) is 5.41 Å². The molecule has 20 heavy (non-hydrogen) atoms. The zero-order valence-corrected chi connectivity index (χ0v) is 13.8. The summed E-state index contributed by atoms with van der Waals surface area (Å²) in [4.78, 5) is 11.9. The van der Waals surface area contributed by atoms with Gasteiger partial charge in [0.1, 0.15) is 5.75 Å². The Labute approximate surface area is 131 Å². The van der Waals surface area contributed by atoms with Crippen molar-refractivity contribution in [1.82, 2.24) is 5.32 Å². The average molecular weight is 321 g/mol. The van der Waals surface area contributed by atoms with Crippen molar-refractivity contribution in [2.75, 3.05) is 7.11 Å². The van der Waals surface area contributed by atoms with E-state index in [0.717, 1.165) is 5.56 Å². The number of hydrogen-bond acceptors (Lipinski definition) is 3. The van der Waals surface area contributed by atoms with Crippen LogP contribution in [0.15, 0.2) is 18.2 Å². The Morgan fingerprint density at radius 1 is 1.45 bits per heavy atom. The minimum atomic E-state index is -0.541. The normalized spacial score (nSPS) is 12.3. The molecule has 0 spiro atoms. The summed E-state index contributed by atoms with van der Waals surface area (Å²) in [7, 11) is 1.56. The van der Waals surface area contributed by atoms with Gasteiger partial charge in [-0.15, -0.1) is 12.4 Å². The fourth-order valence-corrected chi connectivity index (χ4v) is 1.79. The van der Waals surface area contributed by atoms with Crippen molar-refractivity contribution in [1.29, 1.82) is 0 Å². The molecule has 0 saturated heterocycles. The lowest BCUT2D eigenvalue weighted by molar-refractivity contribution is -0.124. The number of amides is 1. The number of halogens is 2. The maximum absolute atomic E-state index is 11.9. The van der Waals surface area contributed by atoms with Gasteiger partial charge in [0.15, 0.2) is 0 Å². The van der Waals surface area contributed by atoms with Crippen molar-refractivity contribution in [2.45, 2.75) is 33.4 Å². The molecule has 114 valence electrons. The van der Waals surface area contributed by atoms with Crippen LogP contribution in [-0.4, -0.2) is 19.1 Å². The molecule has 1 amide bonds. The third kappa shape index (κ3) is 5.19. The SMILES string of the molecule is COc1ccc(CNC(=O)[C@@H](N)C(C)(C)C)cc1Cl.Cl. The number of nitrogens with two attached hydrogens (primary N) is 1. The molecule has 4 nitrogen and oxygen atoms in total. The topological polar surface area (TPSA) is 64.3 Å². The van der Waals surface area contributed by atoms with E-state index in [-0.39, 0.29) is 23.7 Å². The summed E-state index contributed by atoms with van der Waals surface area (Å²) in [6.07, 6.45) is 0.